The van der Waals surface area contributed by atoms with Gasteiger partial charge in [0.15, 0.2) is 0 Å². The van der Waals surface area contributed by atoms with Gasteiger partial charge in [-0.3, -0.25) is 0 Å². The molecule has 18 heavy (non-hydrogen) atoms. The van der Waals surface area contributed by atoms with Crippen molar-refractivity contribution in [2.45, 2.75) is 44.2 Å². The summed E-state index contributed by atoms with van der Waals surface area (Å²) in [6.07, 6.45) is 1.95. The Labute approximate surface area is 112 Å². The van der Waals surface area contributed by atoms with Gasteiger partial charge < -0.3 is 5.11 Å². The van der Waals surface area contributed by atoms with Crippen molar-refractivity contribution in [1.29, 1.82) is 0 Å². The molecular formula is C12H19NO3S2. The predicted octanol–water partition coefficient (Wildman–Crippen LogP) is 1.95. The molecule has 1 aliphatic carbocycles. The van der Waals surface area contributed by atoms with Gasteiger partial charge in [0.05, 0.1) is 11.5 Å². The summed E-state index contributed by atoms with van der Waals surface area (Å²) < 4.78 is 27.3. The van der Waals surface area contributed by atoms with E-state index >= 15 is 0 Å². The number of hydrogen-bond donors (Lipinski definition) is 2. The van der Waals surface area contributed by atoms with Gasteiger partial charge in [-0.1, -0.05) is 13.8 Å². The summed E-state index contributed by atoms with van der Waals surface area (Å²) in [6, 6.07) is 1.57. The normalized spacial score (nSPS) is 28.7. The average Bonchev–Trinajstić information content (AvgIpc) is 2.91. The molecule has 0 spiro atoms. The number of aliphatic hydroxyl groups excluding tert-OH is 1. The summed E-state index contributed by atoms with van der Waals surface area (Å²) in [5, 5.41) is 10.8. The van der Waals surface area contributed by atoms with Gasteiger partial charge in [-0.25, -0.2) is 13.1 Å². The molecule has 1 aromatic rings. The molecule has 3 atom stereocenters. The molecule has 6 heteroatoms. The van der Waals surface area contributed by atoms with Gasteiger partial charge in [-0.05, 0) is 36.1 Å². The van der Waals surface area contributed by atoms with E-state index in [1.54, 1.807) is 11.4 Å². The van der Waals surface area contributed by atoms with Gasteiger partial charge in [0.2, 0.25) is 10.0 Å². The molecule has 1 fully saturated rings. The van der Waals surface area contributed by atoms with Crippen molar-refractivity contribution in [1.82, 2.24) is 4.72 Å². The van der Waals surface area contributed by atoms with E-state index in [-0.39, 0.29) is 17.5 Å². The maximum absolute atomic E-state index is 12.3. The Balaban J connectivity index is 2.18. The quantitative estimate of drug-likeness (QED) is 0.890. The van der Waals surface area contributed by atoms with E-state index < -0.39 is 10.0 Å². The number of sulfonamides is 1. The molecule has 2 rings (SSSR count). The maximum atomic E-state index is 12.3. The highest BCUT2D eigenvalue weighted by atomic mass is 32.2. The summed E-state index contributed by atoms with van der Waals surface area (Å²) in [5.74, 6) is 0.911. The highest BCUT2D eigenvalue weighted by Crippen LogP contribution is 2.32. The van der Waals surface area contributed by atoms with Crippen molar-refractivity contribution < 1.29 is 13.5 Å². The molecule has 0 radical (unpaired) electrons. The van der Waals surface area contributed by atoms with E-state index in [0.29, 0.717) is 16.7 Å². The van der Waals surface area contributed by atoms with Gasteiger partial charge in [-0.15, -0.1) is 11.3 Å². The molecule has 0 amide bonds. The largest absolute Gasteiger partial charge is 0.391 e. The Bertz CT molecular complexity index is 509. The molecule has 4 nitrogen and oxygen atoms in total. The van der Waals surface area contributed by atoms with E-state index in [9.17, 15) is 8.42 Å². The van der Waals surface area contributed by atoms with Crippen LogP contribution in [0.2, 0.25) is 0 Å². The number of thiophene rings is 1. The Hall–Kier alpha value is -0.430. The van der Waals surface area contributed by atoms with Gasteiger partial charge in [0.25, 0.3) is 0 Å². The van der Waals surface area contributed by atoms with Crippen LogP contribution in [0.5, 0.6) is 0 Å². The Morgan fingerprint density at radius 1 is 1.44 bits per heavy atom. The third kappa shape index (κ3) is 2.61. The summed E-state index contributed by atoms with van der Waals surface area (Å²) >= 11 is 1.27. The number of hydrogen-bond acceptors (Lipinski definition) is 4. The minimum absolute atomic E-state index is 0.0106. The zero-order chi connectivity index (χ0) is 13.3. The van der Waals surface area contributed by atoms with Crippen molar-refractivity contribution in [3.8, 4) is 0 Å². The topological polar surface area (TPSA) is 66.4 Å². The lowest BCUT2D eigenvalue weighted by Gasteiger charge is -2.19. The lowest BCUT2D eigenvalue weighted by molar-refractivity contribution is 0.282. The average molecular weight is 289 g/mol. The molecule has 0 saturated heterocycles. The van der Waals surface area contributed by atoms with E-state index in [2.05, 4.69) is 18.6 Å². The van der Waals surface area contributed by atoms with E-state index in [1.807, 2.05) is 0 Å². The highest BCUT2D eigenvalue weighted by Gasteiger charge is 2.33. The number of aliphatic hydroxyl groups is 1. The SMILES string of the molecule is CC1CCC(NS(=O)(=O)c2ccsc2CO)C1C. The Morgan fingerprint density at radius 3 is 2.72 bits per heavy atom. The molecule has 1 heterocycles. The Morgan fingerprint density at radius 2 is 2.17 bits per heavy atom. The summed E-state index contributed by atoms with van der Waals surface area (Å²) in [6.45, 7) is 4.01. The van der Waals surface area contributed by atoms with E-state index in [1.165, 1.54) is 11.3 Å². The Kier molecular flexibility index (Phi) is 4.11. The lowest BCUT2D eigenvalue weighted by atomic mass is 9.98. The van der Waals surface area contributed by atoms with E-state index in [0.717, 1.165) is 12.8 Å². The molecule has 3 unspecified atom stereocenters. The molecule has 0 aliphatic heterocycles. The molecular weight excluding hydrogens is 270 g/mol. The summed E-state index contributed by atoms with van der Waals surface area (Å²) in [5.41, 5.74) is 0. The molecule has 0 bridgehead atoms. The van der Waals surface area contributed by atoms with Crippen molar-refractivity contribution >= 4 is 21.4 Å². The first-order chi connectivity index (χ1) is 8.45. The van der Waals surface area contributed by atoms with Crippen molar-refractivity contribution in [2.75, 3.05) is 0 Å². The van der Waals surface area contributed by atoms with Crippen LogP contribution in [0.3, 0.4) is 0 Å². The molecule has 102 valence electrons. The molecule has 1 aromatic heterocycles. The monoisotopic (exact) mass is 289 g/mol. The fraction of sp³-hybridized carbons (Fsp3) is 0.667. The summed E-state index contributed by atoms with van der Waals surface area (Å²) in [7, 11) is -3.50. The first kappa shape index (κ1) is 14.0. The van der Waals surface area contributed by atoms with Crippen LogP contribution in [0, 0.1) is 11.8 Å². The minimum atomic E-state index is -3.50. The zero-order valence-electron chi connectivity index (χ0n) is 10.6. The minimum Gasteiger partial charge on any atom is -0.391 e. The third-order valence-corrected chi connectivity index (χ3v) is 6.52. The maximum Gasteiger partial charge on any atom is 0.242 e. The van der Waals surface area contributed by atoms with Gasteiger partial charge in [0, 0.05) is 10.9 Å². The van der Waals surface area contributed by atoms with Crippen molar-refractivity contribution in [3.63, 3.8) is 0 Å². The molecule has 1 saturated carbocycles. The smallest absolute Gasteiger partial charge is 0.242 e. The van der Waals surface area contributed by atoms with Crippen LogP contribution in [0.15, 0.2) is 16.3 Å². The van der Waals surface area contributed by atoms with Gasteiger partial charge in [-0.2, -0.15) is 0 Å². The molecule has 0 aromatic carbocycles. The van der Waals surface area contributed by atoms with Crippen LogP contribution < -0.4 is 4.72 Å². The van der Waals surface area contributed by atoms with Gasteiger partial charge >= 0.3 is 0 Å². The highest BCUT2D eigenvalue weighted by molar-refractivity contribution is 7.89. The predicted molar refractivity (Wildman–Crippen MR) is 71.9 cm³/mol. The van der Waals surface area contributed by atoms with Crippen molar-refractivity contribution in [3.05, 3.63) is 16.3 Å². The third-order valence-electron chi connectivity index (χ3n) is 3.91. The van der Waals surface area contributed by atoms with Crippen LogP contribution >= 0.6 is 11.3 Å². The standard InChI is InChI=1S/C12H19NO3S2/c1-8-3-4-10(9(8)2)13-18(15,16)12-5-6-17-11(12)7-14/h5-6,8-10,13-14H,3-4,7H2,1-2H3. The second-order valence-electron chi connectivity index (χ2n) is 5.01. The van der Waals surface area contributed by atoms with Crippen LogP contribution in [0.1, 0.15) is 31.6 Å². The molecule has 1 aliphatic rings. The first-order valence-corrected chi connectivity index (χ1v) is 8.51. The number of rotatable bonds is 4. The number of nitrogens with one attached hydrogen (secondary N) is 1. The molecule has 2 N–H and O–H groups in total. The summed E-state index contributed by atoms with van der Waals surface area (Å²) in [4.78, 5) is 0.725. The van der Waals surface area contributed by atoms with Crippen LogP contribution in [-0.2, 0) is 16.6 Å². The van der Waals surface area contributed by atoms with Crippen molar-refractivity contribution in [2.24, 2.45) is 11.8 Å². The van der Waals surface area contributed by atoms with Crippen LogP contribution in [0.25, 0.3) is 0 Å². The lowest BCUT2D eigenvalue weighted by Crippen LogP contribution is -2.37. The zero-order valence-corrected chi connectivity index (χ0v) is 12.2. The second kappa shape index (κ2) is 5.28. The van der Waals surface area contributed by atoms with E-state index in [4.69, 9.17) is 5.11 Å². The fourth-order valence-electron chi connectivity index (χ4n) is 2.48. The van der Waals surface area contributed by atoms with Crippen LogP contribution in [-0.4, -0.2) is 19.6 Å². The fourth-order valence-corrected chi connectivity index (χ4v) is 5.13. The first-order valence-electron chi connectivity index (χ1n) is 6.15. The van der Waals surface area contributed by atoms with Crippen LogP contribution in [0.4, 0.5) is 0 Å². The second-order valence-corrected chi connectivity index (χ2v) is 7.69. The van der Waals surface area contributed by atoms with Gasteiger partial charge in [0.1, 0.15) is 0 Å².